The van der Waals surface area contributed by atoms with Gasteiger partial charge in [-0.15, -0.1) is 0 Å². The van der Waals surface area contributed by atoms with Crippen LogP contribution in [0.25, 0.3) is 0 Å². The highest BCUT2D eigenvalue weighted by molar-refractivity contribution is 5.30. The van der Waals surface area contributed by atoms with Gasteiger partial charge in [0.2, 0.25) is 0 Å². The fourth-order valence-corrected chi connectivity index (χ4v) is 8.47. The van der Waals surface area contributed by atoms with Crippen molar-refractivity contribution in [2.24, 2.45) is 34.0 Å². The molecule has 152 valence electrons. The molecule has 0 radical (unpaired) electrons. The second-order valence-corrected chi connectivity index (χ2v) is 11.1. The van der Waals surface area contributed by atoms with Crippen LogP contribution in [-0.2, 0) is 9.47 Å². The number of hydrogen-bond acceptors (Lipinski definition) is 4. The zero-order chi connectivity index (χ0) is 19.2. The Labute approximate surface area is 163 Å². The molecule has 2 bridgehead atoms. The summed E-state index contributed by atoms with van der Waals surface area (Å²) in [6.45, 7) is 11.2. The topological polar surface area (TPSA) is 58.9 Å². The molecule has 1 aliphatic heterocycles. The minimum absolute atomic E-state index is 0.0473. The normalized spacial score (nSPS) is 55.7. The fourth-order valence-electron chi connectivity index (χ4n) is 8.47. The van der Waals surface area contributed by atoms with E-state index in [1.807, 2.05) is 13.8 Å². The second kappa shape index (κ2) is 5.59. The van der Waals surface area contributed by atoms with Crippen molar-refractivity contribution in [3.63, 3.8) is 0 Å². The maximum atomic E-state index is 10.8. The van der Waals surface area contributed by atoms with Gasteiger partial charge in [0.05, 0.1) is 12.2 Å². The van der Waals surface area contributed by atoms with E-state index in [0.717, 1.165) is 38.5 Å². The Morgan fingerprint density at radius 2 is 1.78 bits per heavy atom. The Morgan fingerprint density at radius 1 is 1.00 bits per heavy atom. The maximum absolute atomic E-state index is 10.8. The molecule has 6 aliphatic rings. The Kier molecular flexibility index (Phi) is 3.85. The van der Waals surface area contributed by atoms with Gasteiger partial charge in [-0.25, -0.2) is 0 Å². The molecule has 5 aliphatic carbocycles. The third-order valence-corrected chi connectivity index (χ3v) is 9.60. The summed E-state index contributed by atoms with van der Waals surface area (Å²) in [5.41, 5.74) is 0.982. The Bertz CT molecular complexity index is 659. The minimum atomic E-state index is -0.602. The van der Waals surface area contributed by atoms with Crippen molar-refractivity contribution >= 4 is 0 Å². The van der Waals surface area contributed by atoms with Crippen LogP contribution in [0.15, 0.2) is 12.2 Å². The van der Waals surface area contributed by atoms with Crippen molar-refractivity contribution in [3.05, 3.63) is 12.2 Å². The molecule has 2 N–H and O–H groups in total. The molecule has 1 spiro atoms. The number of aliphatic hydroxyl groups is 2. The van der Waals surface area contributed by atoms with Crippen LogP contribution < -0.4 is 0 Å². The van der Waals surface area contributed by atoms with Crippen LogP contribution in [0.3, 0.4) is 0 Å². The van der Waals surface area contributed by atoms with Crippen molar-refractivity contribution < 1.29 is 19.7 Å². The monoisotopic (exact) mass is 376 g/mol. The first-order valence-corrected chi connectivity index (χ1v) is 11.0. The van der Waals surface area contributed by atoms with Crippen molar-refractivity contribution in [3.8, 4) is 0 Å². The summed E-state index contributed by atoms with van der Waals surface area (Å²) >= 11 is 0. The molecule has 0 aromatic rings. The summed E-state index contributed by atoms with van der Waals surface area (Å²) in [5.74, 6) is 0.599. The van der Waals surface area contributed by atoms with Crippen LogP contribution in [-0.4, -0.2) is 41.4 Å². The number of aliphatic hydroxyl groups excluding tert-OH is 2. The summed E-state index contributed by atoms with van der Waals surface area (Å²) in [4.78, 5) is 0. The van der Waals surface area contributed by atoms with Gasteiger partial charge in [0.25, 0.3) is 0 Å². The number of ether oxygens (including phenoxy) is 2. The SMILES string of the molecule is C=C1C2CCC34C(CC5C(C)(CO)CCCC5(CO)C3C2)OC(C)(C)OC14. The average molecular weight is 377 g/mol. The summed E-state index contributed by atoms with van der Waals surface area (Å²) in [6, 6.07) is 0. The summed E-state index contributed by atoms with van der Waals surface area (Å²) in [7, 11) is 0. The molecule has 6 fully saturated rings. The molecule has 6 rings (SSSR count). The van der Waals surface area contributed by atoms with Gasteiger partial charge in [-0.3, -0.25) is 0 Å². The van der Waals surface area contributed by atoms with E-state index in [0.29, 0.717) is 17.8 Å². The average Bonchev–Trinajstić information content (AvgIpc) is 2.64. The molecule has 5 saturated carbocycles. The maximum Gasteiger partial charge on any atom is 0.163 e. The van der Waals surface area contributed by atoms with E-state index in [2.05, 4.69) is 13.5 Å². The van der Waals surface area contributed by atoms with Crippen LogP contribution in [0.4, 0.5) is 0 Å². The van der Waals surface area contributed by atoms with Gasteiger partial charge >= 0.3 is 0 Å². The summed E-state index contributed by atoms with van der Waals surface area (Å²) in [6.07, 6.45) is 7.72. The Balaban J connectivity index is 1.68. The summed E-state index contributed by atoms with van der Waals surface area (Å²) in [5, 5.41) is 21.1. The number of fused-ring (bicyclic) bond motifs is 2. The van der Waals surface area contributed by atoms with Crippen LogP contribution in [0.1, 0.15) is 65.7 Å². The minimum Gasteiger partial charge on any atom is -0.396 e. The standard InChI is InChI=1S/C23H36O4/c1-14-15-6-9-23-17(10-15)22(13-25)8-5-7-21(4,12-24)16(22)11-18(23)26-20(2,3)27-19(14)23/h15-19,24-25H,1,5-13H2,2-4H3. The zero-order valence-corrected chi connectivity index (χ0v) is 17.2. The highest BCUT2D eigenvalue weighted by Crippen LogP contribution is 2.74. The molecule has 0 aromatic heterocycles. The lowest BCUT2D eigenvalue weighted by Gasteiger charge is -2.74. The van der Waals surface area contributed by atoms with E-state index < -0.39 is 5.79 Å². The molecule has 8 unspecified atom stereocenters. The van der Waals surface area contributed by atoms with Crippen molar-refractivity contribution in [1.29, 1.82) is 0 Å². The first-order valence-electron chi connectivity index (χ1n) is 11.0. The van der Waals surface area contributed by atoms with Crippen LogP contribution in [0, 0.1) is 34.0 Å². The molecule has 1 saturated heterocycles. The van der Waals surface area contributed by atoms with Gasteiger partial charge < -0.3 is 19.7 Å². The molecule has 4 heteroatoms. The van der Waals surface area contributed by atoms with Crippen molar-refractivity contribution in [1.82, 2.24) is 0 Å². The highest BCUT2D eigenvalue weighted by Gasteiger charge is 2.73. The third kappa shape index (κ3) is 2.14. The van der Waals surface area contributed by atoms with Crippen LogP contribution in [0.2, 0.25) is 0 Å². The first-order chi connectivity index (χ1) is 12.7. The van der Waals surface area contributed by atoms with Gasteiger partial charge in [-0.1, -0.05) is 19.9 Å². The van der Waals surface area contributed by atoms with Gasteiger partial charge in [0, 0.05) is 24.0 Å². The quantitative estimate of drug-likeness (QED) is 0.722. The van der Waals surface area contributed by atoms with Crippen LogP contribution >= 0.6 is 0 Å². The van der Waals surface area contributed by atoms with E-state index in [1.165, 1.54) is 12.0 Å². The molecular formula is C23H36O4. The van der Waals surface area contributed by atoms with Gasteiger partial charge in [-0.05, 0) is 81.1 Å². The molecule has 0 aromatic carbocycles. The molecule has 4 nitrogen and oxygen atoms in total. The predicted octanol–water partition coefficient (Wildman–Crippen LogP) is 3.66. The van der Waals surface area contributed by atoms with Gasteiger partial charge in [0.15, 0.2) is 5.79 Å². The molecule has 27 heavy (non-hydrogen) atoms. The highest BCUT2D eigenvalue weighted by atomic mass is 16.7. The molecule has 8 atom stereocenters. The zero-order valence-electron chi connectivity index (χ0n) is 17.2. The Hall–Kier alpha value is -0.420. The van der Waals surface area contributed by atoms with E-state index in [9.17, 15) is 10.2 Å². The second-order valence-electron chi connectivity index (χ2n) is 11.1. The molecular weight excluding hydrogens is 340 g/mol. The lowest BCUT2D eigenvalue weighted by atomic mass is 9.35. The predicted molar refractivity (Wildman–Crippen MR) is 103 cm³/mol. The molecule has 1 heterocycles. The fraction of sp³-hybridized carbons (Fsp3) is 0.913. The lowest BCUT2D eigenvalue weighted by Crippen LogP contribution is -2.75. The molecule has 0 amide bonds. The Morgan fingerprint density at radius 3 is 2.48 bits per heavy atom. The van der Waals surface area contributed by atoms with Crippen molar-refractivity contribution in [2.75, 3.05) is 13.2 Å². The van der Waals surface area contributed by atoms with Gasteiger partial charge in [-0.2, -0.15) is 0 Å². The lowest BCUT2D eigenvalue weighted by molar-refractivity contribution is -0.397. The summed E-state index contributed by atoms with van der Waals surface area (Å²) < 4.78 is 13.2. The largest absolute Gasteiger partial charge is 0.396 e. The van der Waals surface area contributed by atoms with E-state index >= 15 is 0 Å². The first kappa shape index (κ1) is 18.6. The van der Waals surface area contributed by atoms with Crippen LogP contribution in [0.5, 0.6) is 0 Å². The van der Waals surface area contributed by atoms with E-state index in [4.69, 9.17) is 9.47 Å². The number of rotatable bonds is 2. The third-order valence-electron chi connectivity index (χ3n) is 9.60. The van der Waals surface area contributed by atoms with Gasteiger partial charge in [0.1, 0.15) is 0 Å². The van der Waals surface area contributed by atoms with E-state index in [-0.39, 0.29) is 41.7 Å². The van der Waals surface area contributed by atoms with E-state index in [1.54, 1.807) is 0 Å². The smallest absolute Gasteiger partial charge is 0.163 e. The number of hydrogen-bond donors (Lipinski definition) is 2. The van der Waals surface area contributed by atoms with Crippen molar-refractivity contribution in [2.45, 2.75) is 83.7 Å².